The lowest BCUT2D eigenvalue weighted by molar-refractivity contribution is -0.126. The van der Waals surface area contributed by atoms with Crippen molar-refractivity contribution in [1.29, 1.82) is 0 Å². The Kier molecular flexibility index (Phi) is 6.84. The lowest BCUT2D eigenvalue weighted by atomic mass is 10.0. The summed E-state index contributed by atoms with van der Waals surface area (Å²) in [5, 5.41) is 2.08. The van der Waals surface area contributed by atoms with Crippen LogP contribution in [-0.4, -0.2) is 35.4 Å². The molecule has 1 aliphatic rings. The molecule has 0 spiro atoms. The van der Waals surface area contributed by atoms with Crippen LogP contribution in [0.4, 0.5) is 15.2 Å². The van der Waals surface area contributed by atoms with Crippen LogP contribution in [0.25, 0.3) is 6.08 Å². The molecule has 0 aliphatic carbocycles. The molecule has 2 aromatic carbocycles. The third kappa shape index (κ3) is 4.96. The van der Waals surface area contributed by atoms with E-state index in [-0.39, 0.29) is 23.5 Å². The Morgan fingerprint density at radius 2 is 2.06 bits per heavy atom. The summed E-state index contributed by atoms with van der Waals surface area (Å²) in [5.74, 6) is -0.193. The van der Waals surface area contributed by atoms with Crippen LogP contribution in [0.1, 0.15) is 37.1 Å². The first kappa shape index (κ1) is 22.7. The summed E-state index contributed by atoms with van der Waals surface area (Å²) in [6, 6.07) is 13.8. The van der Waals surface area contributed by atoms with Crippen LogP contribution < -0.4 is 9.64 Å². The molecule has 0 N–H and O–H groups in total. The number of nitrogens with zero attached hydrogens (tertiary/aromatic N) is 3. The van der Waals surface area contributed by atoms with Gasteiger partial charge in [-0.2, -0.15) is 0 Å². The molecule has 3 aromatic rings. The van der Waals surface area contributed by atoms with Gasteiger partial charge in [-0.3, -0.25) is 14.5 Å². The highest BCUT2D eigenvalue weighted by Gasteiger charge is 2.29. The van der Waals surface area contributed by atoms with E-state index in [9.17, 15) is 14.0 Å². The number of methoxy groups -OCH3 is 1. The van der Waals surface area contributed by atoms with Crippen molar-refractivity contribution < 1.29 is 18.7 Å². The number of amides is 2. The third-order valence-corrected chi connectivity index (χ3v) is 6.36. The van der Waals surface area contributed by atoms with E-state index in [1.54, 1.807) is 30.7 Å². The quantitative estimate of drug-likeness (QED) is 0.460. The maximum absolute atomic E-state index is 14.3. The van der Waals surface area contributed by atoms with Crippen molar-refractivity contribution in [2.75, 3.05) is 18.6 Å². The predicted octanol–water partition coefficient (Wildman–Crippen LogP) is 5.35. The number of carbonyl (C=O) groups excluding carboxylic acids is 2. The molecule has 8 heteroatoms. The summed E-state index contributed by atoms with van der Waals surface area (Å²) in [6.07, 6.45) is 4.95. The number of hydrogen-bond donors (Lipinski definition) is 0. The Balaban J connectivity index is 1.51. The van der Waals surface area contributed by atoms with Crippen LogP contribution in [-0.2, 0) is 9.59 Å². The van der Waals surface area contributed by atoms with Crippen molar-refractivity contribution in [2.24, 2.45) is 0 Å². The smallest absolute Gasteiger partial charge is 0.247 e. The zero-order chi connectivity index (χ0) is 23.4. The molecule has 1 aromatic heterocycles. The number of carbonyl (C=O) groups is 2. The van der Waals surface area contributed by atoms with Crippen molar-refractivity contribution in [3.8, 4) is 5.75 Å². The Labute approximate surface area is 195 Å². The molecular formula is C25H24FN3O3S. The van der Waals surface area contributed by atoms with Gasteiger partial charge in [0.2, 0.25) is 11.8 Å². The molecule has 1 atom stereocenters. The first-order chi connectivity index (χ1) is 16.0. The summed E-state index contributed by atoms with van der Waals surface area (Å²) in [5.41, 5.74) is 1.72. The van der Waals surface area contributed by atoms with Crippen molar-refractivity contribution in [3.05, 3.63) is 77.1 Å². The normalized spacial score (nSPS) is 15.7. The second-order valence-electron chi connectivity index (χ2n) is 7.66. The Hall–Kier alpha value is -3.52. The second-order valence-corrected chi connectivity index (χ2v) is 8.50. The van der Waals surface area contributed by atoms with Gasteiger partial charge < -0.3 is 9.64 Å². The number of rotatable bonds is 6. The van der Waals surface area contributed by atoms with Crippen LogP contribution in [0.3, 0.4) is 0 Å². The summed E-state index contributed by atoms with van der Waals surface area (Å²) < 4.78 is 19.6. The fourth-order valence-electron chi connectivity index (χ4n) is 3.97. The topological polar surface area (TPSA) is 62.7 Å². The number of halogens is 1. The first-order valence-electron chi connectivity index (χ1n) is 10.6. The summed E-state index contributed by atoms with van der Waals surface area (Å²) >= 11 is 1.21. The molecule has 1 unspecified atom stereocenters. The molecule has 0 bridgehead atoms. The van der Waals surface area contributed by atoms with Gasteiger partial charge in [0.15, 0.2) is 5.13 Å². The van der Waals surface area contributed by atoms with Gasteiger partial charge in [-0.25, -0.2) is 9.37 Å². The van der Waals surface area contributed by atoms with Gasteiger partial charge in [0, 0.05) is 24.9 Å². The highest BCUT2D eigenvalue weighted by atomic mass is 32.1. The minimum atomic E-state index is -0.507. The van der Waals surface area contributed by atoms with Crippen molar-refractivity contribution in [2.45, 2.75) is 25.8 Å². The highest BCUT2D eigenvalue weighted by Crippen LogP contribution is 2.34. The van der Waals surface area contributed by atoms with Crippen LogP contribution in [0.2, 0.25) is 0 Å². The number of aromatic nitrogens is 1. The first-order valence-corrected chi connectivity index (χ1v) is 11.5. The molecule has 1 aliphatic heterocycles. The lowest BCUT2D eigenvalue weighted by Gasteiger charge is -2.24. The monoisotopic (exact) mass is 465 g/mol. The zero-order valence-electron chi connectivity index (χ0n) is 18.4. The Morgan fingerprint density at radius 3 is 2.82 bits per heavy atom. The van der Waals surface area contributed by atoms with E-state index in [0.717, 1.165) is 24.2 Å². The molecule has 170 valence electrons. The van der Waals surface area contributed by atoms with Gasteiger partial charge in [-0.15, -0.1) is 11.3 Å². The van der Waals surface area contributed by atoms with Crippen LogP contribution >= 0.6 is 11.3 Å². The van der Waals surface area contributed by atoms with Gasteiger partial charge in [0.25, 0.3) is 0 Å². The highest BCUT2D eigenvalue weighted by molar-refractivity contribution is 7.14. The minimum Gasteiger partial charge on any atom is -0.497 e. The van der Waals surface area contributed by atoms with E-state index in [0.29, 0.717) is 17.4 Å². The molecule has 1 fully saturated rings. The Bertz CT molecular complexity index is 1190. The van der Waals surface area contributed by atoms with Gasteiger partial charge in [-0.1, -0.05) is 24.3 Å². The zero-order valence-corrected chi connectivity index (χ0v) is 19.2. The number of benzene rings is 2. The lowest BCUT2D eigenvalue weighted by Crippen LogP contribution is -2.28. The number of hydrogen-bond acceptors (Lipinski definition) is 5. The van der Waals surface area contributed by atoms with E-state index >= 15 is 0 Å². The van der Waals surface area contributed by atoms with E-state index in [1.165, 1.54) is 41.4 Å². The fraction of sp³-hybridized carbons (Fsp3) is 0.240. The van der Waals surface area contributed by atoms with E-state index in [1.807, 2.05) is 29.2 Å². The van der Waals surface area contributed by atoms with Crippen LogP contribution in [0.15, 0.2) is 60.0 Å². The molecule has 6 nitrogen and oxygen atoms in total. The maximum atomic E-state index is 14.3. The van der Waals surface area contributed by atoms with E-state index < -0.39 is 5.82 Å². The van der Waals surface area contributed by atoms with Crippen molar-refractivity contribution >= 4 is 40.0 Å². The van der Waals surface area contributed by atoms with Crippen LogP contribution in [0.5, 0.6) is 5.75 Å². The number of thiazole rings is 1. The molecule has 33 heavy (non-hydrogen) atoms. The summed E-state index contributed by atoms with van der Waals surface area (Å²) in [7, 11) is 1.63. The second kappa shape index (κ2) is 9.95. The van der Waals surface area contributed by atoms with Crippen molar-refractivity contribution in [3.63, 3.8) is 0 Å². The predicted molar refractivity (Wildman–Crippen MR) is 127 cm³/mol. The molecule has 2 amide bonds. The maximum Gasteiger partial charge on any atom is 0.247 e. The average Bonchev–Trinajstić information content (AvgIpc) is 3.49. The SMILES string of the molecule is COc1cccc(C2CCCN2C(=O)/C=C/c2csc(N(C(C)=O)c3ccccc3F)n2)c1. The van der Waals surface area contributed by atoms with Gasteiger partial charge in [-0.05, 0) is 48.7 Å². The molecule has 1 saturated heterocycles. The van der Waals surface area contributed by atoms with Gasteiger partial charge >= 0.3 is 0 Å². The average molecular weight is 466 g/mol. The minimum absolute atomic E-state index is 0.00231. The van der Waals surface area contributed by atoms with E-state index in [4.69, 9.17) is 4.74 Å². The summed E-state index contributed by atoms with van der Waals surface area (Å²) in [6.45, 7) is 2.04. The molecule has 0 saturated carbocycles. The number of anilines is 2. The largest absolute Gasteiger partial charge is 0.497 e. The number of ether oxygens (including phenoxy) is 1. The number of para-hydroxylation sites is 1. The third-order valence-electron chi connectivity index (χ3n) is 5.52. The van der Waals surface area contributed by atoms with Gasteiger partial charge in [0.05, 0.1) is 24.5 Å². The summed E-state index contributed by atoms with van der Waals surface area (Å²) in [4.78, 5) is 32.7. The molecule has 4 rings (SSSR count). The van der Waals surface area contributed by atoms with Crippen molar-refractivity contribution in [1.82, 2.24) is 9.88 Å². The van der Waals surface area contributed by atoms with Gasteiger partial charge in [0.1, 0.15) is 11.6 Å². The molecular weight excluding hydrogens is 441 g/mol. The molecule has 0 radical (unpaired) electrons. The van der Waals surface area contributed by atoms with Crippen LogP contribution in [0, 0.1) is 5.82 Å². The molecule has 2 heterocycles. The fourth-order valence-corrected chi connectivity index (χ4v) is 4.82. The number of likely N-dealkylation sites (tertiary alicyclic amines) is 1. The van der Waals surface area contributed by atoms with E-state index in [2.05, 4.69) is 4.98 Å². The standard InChI is InChI=1S/C25H24FN3O3S/c1-17(30)29(23-10-4-3-9-21(23)26)25-27-19(16-33-25)12-13-24(31)28-14-6-11-22(28)18-7-5-8-20(15-18)32-2/h3-5,7-10,12-13,15-16,22H,6,11,14H2,1-2H3/b13-12+. The Morgan fingerprint density at radius 1 is 1.24 bits per heavy atom.